The van der Waals surface area contributed by atoms with Crippen molar-refractivity contribution in [3.05, 3.63) is 76.6 Å². The van der Waals surface area contributed by atoms with Gasteiger partial charge in [-0.05, 0) is 57.2 Å². The molecule has 3 rings (SSSR count). The standard InChI is InChI=1S/C21H20N4O3/c1-12-7-8-18(17(9-12)20(27)28)25-19(26)15-5-4-6-16(11-15)24-21-22-13(2)10-14(3)23-21/h4-11H,1-3H3,(H,25,26)(H,27,28)(H,22,23,24). The van der Waals surface area contributed by atoms with E-state index in [9.17, 15) is 14.7 Å². The maximum Gasteiger partial charge on any atom is 0.337 e. The fourth-order valence-corrected chi connectivity index (χ4v) is 2.79. The molecule has 1 amide bonds. The molecule has 7 nitrogen and oxygen atoms in total. The molecule has 0 radical (unpaired) electrons. The highest BCUT2D eigenvalue weighted by atomic mass is 16.4. The van der Waals surface area contributed by atoms with Crippen LogP contribution in [0.25, 0.3) is 0 Å². The zero-order valence-corrected chi connectivity index (χ0v) is 15.8. The lowest BCUT2D eigenvalue weighted by Gasteiger charge is -2.11. The minimum atomic E-state index is -1.10. The van der Waals surface area contributed by atoms with Crippen molar-refractivity contribution in [2.75, 3.05) is 10.6 Å². The minimum Gasteiger partial charge on any atom is -0.478 e. The molecule has 28 heavy (non-hydrogen) atoms. The number of amides is 1. The van der Waals surface area contributed by atoms with Crippen LogP contribution >= 0.6 is 0 Å². The van der Waals surface area contributed by atoms with Crippen molar-refractivity contribution >= 4 is 29.2 Å². The molecule has 0 bridgehead atoms. The maximum atomic E-state index is 12.6. The van der Waals surface area contributed by atoms with Gasteiger partial charge in [0.15, 0.2) is 0 Å². The minimum absolute atomic E-state index is 0.0475. The number of aromatic carboxylic acids is 1. The molecule has 2 aromatic carbocycles. The van der Waals surface area contributed by atoms with Crippen LogP contribution in [-0.4, -0.2) is 27.0 Å². The average molecular weight is 376 g/mol. The molecule has 3 aromatic rings. The molecule has 1 aromatic heterocycles. The summed E-state index contributed by atoms with van der Waals surface area (Å²) in [4.78, 5) is 32.7. The Bertz CT molecular complexity index is 1040. The zero-order chi connectivity index (χ0) is 20.3. The fraction of sp³-hybridized carbons (Fsp3) is 0.143. The summed E-state index contributed by atoms with van der Waals surface area (Å²) in [7, 11) is 0. The number of nitrogens with zero attached hydrogens (tertiary/aromatic N) is 2. The summed E-state index contributed by atoms with van der Waals surface area (Å²) in [5.41, 5.74) is 3.81. The number of rotatable bonds is 5. The van der Waals surface area contributed by atoms with Crippen LogP contribution in [0.5, 0.6) is 0 Å². The van der Waals surface area contributed by atoms with E-state index >= 15 is 0 Å². The third-order valence-electron chi connectivity index (χ3n) is 4.02. The van der Waals surface area contributed by atoms with Crippen LogP contribution in [0.1, 0.15) is 37.7 Å². The number of hydrogen-bond donors (Lipinski definition) is 3. The SMILES string of the molecule is Cc1ccc(NC(=O)c2cccc(Nc3nc(C)cc(C)n3)c2)c(C(=O)O)c1. The molecule has 3 N–H and O–H groups in total. The van der Waals surface area contributed by atoms with Gasteiger partial charge in [-0.3, -0.25) is 4.79 Å². The highest BCUT2D eigenvalue weighted by Crippen LogP contribution is 2.20. The zero-order valence-electron chi connectivity index (χ0n) is 15.8. The lowest BCUT2D eigenvalue weighted by Crippen LogP contribution is -2.15. The molecule has 142 valence electrons. The molecule has 0 atom stereocenters. The highest BCUT2D eigenvalue weighted by Gasteiger charge is 2.14. The van der Waals surface area contributed by atoms with Crippen molar-refractivity contribution in [1.29, 1.82) is 0 Å². The number of anilines is 3. The van der Waals surface area contributed by atoms with Crippen LogP contribution in [-0.2, 0) is 0 Å². The Labute approximate surface area is 162 Å². The predicted molar refractivity (Wildman–Crippen MR) is 107 cm³/mol. The number of carbonyl (C=O) groups excluding carboxylic acids is 1. The summed E-state index contributed by atoms with van der Waals surface area (Å²) >= 11 is 0. The van der Waals surface area contributed by atoms with Crippen LogP contribution < -0.4 is 10.6 Å². The summed E-state index contributed by atoms with van der Waals surface area (Å²) in [6, 6.07) is 13.6. The smallest absolute Gasteiger partial charge is 0.337 e. The van der Waals surface area contributed by atoms with E-state index in [0.717, 1.165) is 17.0 Å². The van der Waals surface area contributed by atoms with Gasteiger partial charge in [-0.15, -0.1) is 0 Å². The summed E-state index contributed by atoms with van der Waals surface area (Å²) in [5, 5.41) is 15.1. The van der Waals surface area contributed by atoms with Gasteiger partial charge in [0.25, 0.3) is 5.91 Å². The van der Waals surface area contributed by atoms with Crippen molar-refractivity contribution in [2.24, 2.45) is 0 Å². The first-order chi connectivity index (χ1) is 13.3. The normalized spacial score (nSPS) is 10.4. The monoisotopic (exact) mass is 376 g/mol. The molecule has 0 saturated heterocycles. The summed E-state index contributed by atoms with van der Waals surface area (Å²) < 4.78 is 0. The van der Waals surface area contributed by atoms with Crippen molar-refractivity contribution in [2.45, 2.75) is 20.8 Å². The van der Waals surface area contributed by atoms with Gasteiger partial charge < -0.3 is 15.7 Å². The molecular formula is C21H20N4O3. The van der Waals surface area contributed by atoms with Gasteiger partial charge >= 0.3 is 5.97 Å². The Kier molecular flexibility index (Phi) is 5.35. The lowest BCUT2D eigenvalue weighted by molar-refractivity contribution is 0.0698. The Hall–Kier alpha value is -3.74. The Morgan fingerprint density at radius 1 is 0.929 bits per heavy atom. The molecule has 1 heterocycles. The van der Waals surface area contributed by atoms with Gasteiger partial charge in [-0.2, -0.15) is 0 Å². The quantitative estimate of drug-likeness (QED) is 0.619. The van der Waals surface area contributed by atoms with Crippen molar-refractivity contribution in [3.63, 3.8) is 0 Å². The van der Waals surface area contributed by atoms with Gasteiger partial charge in [-0.25, -0.2) is 14.8 Å². The highest BCUT2D eigenvalue weighted by molar-refractivity contribution is 6.08. The predicted octanol–water partition coefficient (Wildman–Crippen LogP) is 4.10. The van der Waals surface area contributed by atoms with E-state index in [4.69, 9.17) is 0 Å². The Morgan fingerprint density at radius 2 is 1.64 bits per heavy atom. The number of aryl methyl sites for hydroxylation is 3. The number of carboxylic acid groups (broad SMARTS) is 1. The first-order valence-corrected chi connectivity index (χ1v) is 8.66. The molecular weight excluding hydrogens is 356 g/mol. The number of hydrogen-bond acceptors (Lipinski definition) is 5. The summed E-state index contributed by atoms with van der Waals surface area (Å²) in [5.74, 6) is -1.06. The van der Waals surface area contributed by atoms with Gasteiger partial charge in [0, 0.05) is 22.6 Å². The van der Waals surface area contributed by atoms with Crippen molar-refractivity contribution < 1.29 is 14.7 Å². The second kappa shape index (κ2) is 7.87. The third kappa shape index (κ3) is 4.50. The van der Waals surface area contributed by atoms with Crippen LogP contribution in [0.3, 0.4) is 0 Å². The van der Waals surface area contributed by atoms with E-state index < -0.39 is 11.9 Å². The third-order valence-corrected chi connectivity index (χ3v) is 4.02. The van der Waals surface area contributed by atoms with Gasteiger partial charge in [0.2, 0.25) is 5.95 Å². The number of nitrogens with one attached hydrogen (secondary N) is 2. The van der Waals surface area contributed by atoms with E-state index in [1.54, 1.807) is 43.3 Å². The second-order valence-electron chi connectivity index (χ2n) is 6.49. The molecule has 0 fully saturated rings. The maximum absolute atomic E-state index is 12.6. The number of benzene rings is 2. The number of aromatic nitrogens is 2. The van der Waals surface area contributed by atoms with Crippen molar-refractivity contribution in [1.82, 2.24) is 9.97 Å². The number of carboxylic acids is 1. The van der Waals surface area contributed by atoms with Gasteiger partial charge in [0.05, 0.1) is 11.3 Å². The van der Waals surface area contributed by atoms with E-state index in [1.165, 1.54) is 6.07 Å². The van der Waals surface area contributed by atoms with E-state index in [1.807, 2.05) is 19.9 Å². The molecule has 0 saturated carbocycles. The van der Waals surface area contributed by atoms with Crippen LogP contribution in [0.4, 0.5) is 17.3 Å². The fourth-order valence-electron chi connectivity index (χ4n) is 2.79. The molecule has 0 spiro atoms. The first kappa shape index (κ1) is 19.0. The number of carbonyl (C=O) groups is 2. The van der Waals surface area contributed by atoms with Gasteiger partial charge in [-0.1, -0.05) is 17.7 Å². The Balaban J connectivity index is 1.82. The summed E-state index contributed by atoms with van der Waals surface area (Å²) in [6.45, 7) is 5.55. The van der Waals surface area contributed by atoms with Crippen molar-refractivity contribution in [3.8, 4) is 0 Å². The van der Waals surface area contributed by atoms with Crippen LogP contribution in [0.2, 0.25) is 0 Å². The molecule has 0 aliphatic rings. The second-order valence-corrected chi connectivity index (χ2v) is 6.49. The van der Waals surface area contributed by atoms with E-state index in [-0.39, 0.29) is 11.3 Å². The summed E-state index contributed by atoms with van der Waals surface area (Å²) in [6.07, 6.45) is 0. The van der Waals surface area contributed by atoms with E-state index in [2.05, 4.69) is 20.6 Å². The van der Waals surface area contributed by atoms with E-state index in [0.29, 0.717) is 17.2 Å². The van der Waals surface area contributed by atoms with Crippen LogP contribution in [0, 0.1) is 20.8 Å². The Morgan fingerprint density at radius 3 is 2.32 bits per heavy atom. The molecule has 7 heteroatoms. The largest absolute Gasteiger partial charge is 0.478 e. The molecule has 0 unspecified atom stereocenters. The topological polar surface area (TPSA) is 104 Å². The average Bonchev–Trinajstić information content (AvgIpc) is 2.62. The lowest BCUT2D eigenvalue weighted by atomic mass is 10.1. The molecule has 0 aliphatic carbocycles. The first-order valence-electron chi connectivity index (χ1n) is 8.66. The van der Waals surface area contributed by atoms with Crippen LogP contribution in [0.15, 0.2) is 48.5 Å². The van der Waals surface area contributed by atoms with Gasteiger partial charge in [0.1, 0.15) is 0 Å². The molecule has 0 aliphatic heterocycles.